The number of aromatic nitrogens is 4. The topological polar surface area (TPSA) is 70.1 Å². The van der Waals surface area contributed by atoms with Crippen LogP contribution in [0, 0.1) is 12.8 Å². The average Bonchev–Trinajstić information content (AvgIpc) is 3.12. The summed E-state index contributed by atoms with van der Waals surface area (Å²) in [6.07, 6.45) is 4.53. The van der Waals surface area contributed by atoms with Crippen LogP contribution < -0.4 is 10.5 Å². The second-order valence-electron chi connectivity index (χ2n) is 9.39. The third-order valence-corrected chi connectivity index (χ3v) is 7.06. The first-order chi connectivity index (χ1) is 15.0. The van der Waals surface area contributed by atoms with Crippen molar-refractivity contribution in [3.05, 3.63) is 40.3 Å². The van der Waals surface area contributed by atoms with Crippen LogP contribution in [0.5, 0.6) is 0 Å². The van der Waals surface area contributed by atoms with E-state index in [1.54, 1.807) is 0 Å². The molecule has 1 aliphatic carbocycles. The average molecular weight is 421 g/mol. The molecule has 31 heavy (non-hydrogen) atoms. The Hall–Kier alpha value is -2.67. The fourth-order valence-electron chi connectivity index (χ4n) is 4.97. The summed E-state index contributed by atoms with van der Waals surface area (Å²) in [6.45, 7) is 8.49. The van der Waals surface area contributed by atoms with Gasteiger partial charge in [0.05, 0.1) is 11.7 Å². The smallest absolute Gasteiger partial charge is 0.277 e. The number of hydrogen-bond acceptors (Lipinski definition) is 5. The summed E-state index contributed by atoms with van der Waals surface area (Å²) in [5.41, 5.74) is 4.22. The van der Waals surface area contributed by atoms with Crippen LogP contribution in [0.15, 0.2) is 29.1 Å². The second kappa shape index (κ2) is 8.11. The fraction of sp³-hybridized carbons (Fsp3) is 0.542. The number of benzene rings is 1. The molecule has 7 heteroatoms. The van der Waals surface area contributed by atoms with Gasteiger partial charge in [0.25, 0.3) is 5.56 Å². The Morgan fingerprint density at radius 3 is 2.35 bits per heavy atom. The standard InChI is InChI=1S/C24H32N6O/c1-16-4-8-20(9-5-16)30-22-21(17(2)27-30)25-23(26-24(22)31)18-6-10-19(11-7-18)29-14-12-28(3)13-15-29/h6-7,10-11,16,20H,4-5,8-9,12-15H2,1-3H3,(H,25,26,31)/t16-,20+. The number of nitrogens with one attached hydrogen (secondary N) is 1. The van der Waals surface area contributed by atoms with Crippen molar-refractivity contribution in [1.29, 1.82) is 0 Å². The minimum absolute atomic E-state index is 0.0950. The summed E-state index contributed by atoms with van der Waals surface area (Å²) < 4.78 is 1.95. The van der Waals surface area contributed by atoms with Crippen LogP contribution in [0.4, 0.5) is 5.69 Å². The molecule has 3 aromatic rings. The highest BCUT2D eigenvalue weighted by Gasteiger charge is 2.25. The molecule has 5 rings (SSSR count). The lowest BCUT2D eigenvalue weighted by molar-refractivity contribution is 0.278. The van der Waals surface area contributed by atoms with Crippen molar-refractivity contribution in [3.8, 4) is 11.4 Å². The summed E-state index contributed by atoms with van der Waals surface area (Å²) >= 11 is 0. The zero-order valence-electron chi connectivity index (χ0n) is 18.8. The Kier molecular flexibility index (Phi) is 5.30. The SMILES string of the molecule is Cc1nn([C@H]2CC[C@@H](C)CC2)c2c(=O)[nH]c(-c3ccc(N4CCN(C)CC4)cc3)nc12. The molecule has 0 amide bonds. The van der Waals surface area contributed by atoms with E-state index in [1.807, 2.05) is 11.6 Å². The van der Waals surface area contributed by atoms with Gasteiger partial charge in [-0.05, 0) is 69.8 Å². The number of fused-ring (bicyclic) bond motifs is 1. The zero-order chi connectivity index (χ0) is 21.5. The lowest BCUT2D eigenvalue weighted by Gasteiger charge is -2.34. The zero-order valence-corrected chi connectivity index (χ0v) is 18.8. The maximum absolute atomic E-state index is 13.1. The van der Waals surface area contributed by atoms with Gasteiger partial charge in [-0.25, -0.2) is 4.98 Å². The molecule has 1 saturated carbocycles. The van der Waals surface area contributed by atoms with Gasteiger partial charge in [-0.15, -0.1) is 0 Å². The van der Waals surface area contributed by atoms with E-state index in [4.69, 9.17) is 10.1 Å². The molecule has 2 aromatic heterocycles. The Balaban J connectivity index is 1.45. The van der Waals surface area contributed by atoms with E-state index in [-0.39, 0.29) is 5.56 Å². The number of H-pyrrole nitrogens is 1. The van der Waals surface area contributed by atoms with Crippen LogP contribution in [0.3, 0.4) is 0 Å². The van der Waals surface area contributed by atoms with E-state index in [2.05, 4.69) is 53.0 Å². The first-order valence-corrected chi connectivity index (χ1v) is 11.5. The van der Waals surface area contributed by atoms with E-state index in [0.717, 1.165) is 61.7 Å². The van der Waals surface area contributed by atoms with Gasteiger partial charge in [0.1, 0.15) is 11.3 Å². The number of anilines is 1. The van der Waals surface area contributed by atoms with Gasteiger partial charge in [-0.3, -0.25) is 9.48 Å². The number of hydrogen-bond donors (Lipinski definition) is 1. The van der Waals surface area contributed by atoms with Gasteiger partial charge < -0.3 is 14.8 Å². The van der Waals surface area contributed by atoms with Crippen molar-refractivity contribution in [2.75, 3.05) is 38.1 Å². The van der Waals surface area contributed by atoms with Gasteiger partial charge in [0.2, 0.25) is 0 Å². The molecular formula is C24H32N6O. The van der Waals surface area contributed by atoms with Crippen LogP contribution in [-0.2, 0) is 0 Å². The third-order valence-electron chi connectivity index (χ3n) is 7.06. The highest BCUT2D eigenvalue weighted by molar-refractivity contribution is 5.79. The minimum atomic E-state index is -0.0950. The van der Waals surface area contributed by atoms with Gasteiger partial charge >= 0.3 is 0 Å². The molecule has 1 aliphatic heterocycles. The Bertz CT molecular complexity index is 1120. The van der Waals surface area contributed by atoms with Crippen molar-refractivity contribution in [1.82, 2.24) is 24.6 Å². The molecule has 0 radical (unpaired) electrons. The molecule has 3 heterocycles. The lowest BCUT2D eigenvalue weighted by atomic mass is 9.87. The van der Waals surface area contributed by atoms with Gasteiger partial charge in [-0.2, -0.15) is 5.10 Å². The largest absolute Gasteiger partial charge is 0.369 e. The number of aromatic amines is 1. The van der Waals surface area contributed by atoms with Crippen LogP contribution >= 0.6 is 0 Å². The Labute approximate surface area is 183 Å². The van der Waals surface area contributed by atoms with Crippen LogP contribution in [0.1, 0.15) is 44.3 Å². The molecular weight excluding hydrogens is 388 g/mol. The van der Waals surface area contributed by atoms with Gasteiger partial charge in [0.15, 0.2) is 5.52 Å². The summed E-state index contributed by atoms with van der Waals surface area (Å²) in [5.74, 6) is 1.37. The highest BCUT2D eigenvalue weighted by Crippen LogP contribution is 2.33. The van der Waals surface area contributed by atoms with E-state index >= 15 is 0 Å². The summed E-state index contributed by atoms with van der Waals surface area (Å²) in [5, 5.41) is 4.74. The molecule has 0 spiro atoms. The summed E-state index contributed by atoms with van der Waals surface area (Å²) in [4.78, 5) is 25.7. The molecule has 1 aromatic carbocycles. The first-order valence-electron chi connectivity index (χ1n) is 11.5. The number of nitrogens with zero attached hydrogens (tertiary/aromatic N) is 5. The Morgan fingerprint density at radius 2 is 1.68 bits per heavy atom. The van der Waals surface area contributed by atoms with Crippen molar-refractivity contribution in [2.45, 2.75) is 45.6 Å². The summed E-state index contributed by atoms with van der Waals surface area (Å²) in [6, 6.07) is 8.67. The lowest BCUT2D eigenvalue weighted by Crippen LogP contribution is -2.44. The molecule has 2 aliphatic rings. The quantitative estimate of drug-likeness (QED) is 0.701. The van der Waals surface area contributed by atoms with E-state index in [9.17, 15) is 4.79 Å². The van der Waals surface area contributed by atoms with Crippen molar-refractivity contribution in [2.24, 2.45) is 5.92 Å². The predicted molar refractivity (Wildman–Crippen MR) is 125 cm³/mol. The minimum Gasteiger partial charge on any atom is -0.369 e. The second-order valence-corrected chi connectivity index (χ2v) is 9.39. The van der Waals surface area contributed by atoms with E-state index in [0.29, 0.717) is 17.4 Å². The summed E-state index contributed by atoms with van der Waals surface area (Å²) in [7, 11) is 2.16. The Morgan fingerprint density at radius 1 is 1.00 bits per heavy atom. The molecule has 164 valence electrons. The number of rotatable bonds is 3. The molecule has 2 fully saturated rings. The van der Waals surface area contributed by atoms with Crippen molar-refractivity contribution < 1.29 is 0 Å². The normalized spacial score (nSPS) is 22.9. The predicted octanol–water partition coefficient (Wildman–Crippen LogP) is 3.60. The first kappa shape index (κ1) is 20.2. The van der Waals surface area contributed by atoms with Crippen molar-refractivity contribution in [3.63, 3.8) is 0 Å². The molecule has 0 bridgehead atoms. The van der Waals surface area contributed by atoms with Crippen LogP contribution in [-0.4, -0.2) is 57.9 Å². The van der Waals surface area contributed by atoms with E-state index in [1.165, 1.54) is 18.5 Å². The van der Waals surface area contributed by atoms with Crippen LogP contribution in [0.2, 0.25) is 0 Å². The number of likely N-dealkylation sites (N-methyl/N-ethyl adjacent to an activating group) is 1. The fourth-order valence-corrected chi connectivity index (χ4v) is 4.97. The number of aryl methyl sites for hydroxylation is 1. The van der Waals surface area contributed by atoms with E-state index < -0.39 is 0 Å². The maximum atomic E-state index is 13.1. The van der Waals surface area contributed by atoms with Gasteiger partial charge in [-0.1, -0.05) is 6.92 Å². The highest BCUT2D eigenvalue weighted by atomic mass is 16.1. The van der Waals surface area contributed by atoms with Gasteiger partial charge in [0, 0.05) is 37.4 Å². The molecule has 0 unspecified atom stereocenters. The molecule has 1 saturated heterocycles. The molecule has 0 atom stereocenters. The maximum Gasteiger partial charge on any atom is 0.277 e. The molecule has 1 N–H and O–H groups in total. The number of piperazine rings is 1. The molecule has 7 nitrogen and oxygen atoms in total. The van der Waals surface area contributed by atoms with Crippen LogP contribution in [0.25, 0.3) is 22.4 Å². The van der Waals surface area contributed by atoms with Crippen molar-refractivity contribution >= 4 is 16.7 Å². The third kappa shape index (κ3) is 3.87. The monoisotopic (exact) mass is 420 g/mol.